The normalized spacial score (nSPS) is 11.1. The van der Waals surface area contributed by atoms with Gasteiger partial charge < -0.3 is 10.4 Å². The van der Waals surface area contributed by atoms with E-state index in [0.29, 0.717) is 5.92 Å². The number of benzene rings is 2. The average Bonchev–Trinajstić information content (AvgIpc) is 2.77. The number of hydrogen-bond acceptors (Lipinski definition) is 1. The van der Waals surface area contributed by atoms with E-state index in [1.807, 2.05) is 0 Å². The zero-order valence-electron chi connectivity index (χ0n) is 19.5. The maximum atomic E-state index is 2.75. The van der Waals surface area contributed by atoms with E-state index in [1.54, 1.807) is 0 Å². The van der Waals surface area contributed by atoms with E-state index in [-0.39, 0.29) is 5.48 Å². The summed E-state index contributed by atoms with van der Waals surface area (Å²) >= 11 is 0. The van der Waals surface area contributed by atoms with Crippen molar-refractivity contribution in [3.8, 4) is 0 Å². The van der Waals surface area contributed by atoms with Gasteiger partial charge in [-0.2, -0.15) is 0 Å². The standard InChI is InChI=1S/C28H43N.H2O/c1-3-5-7-9-17-23-29(24-18-10-8-6-4-2)25-28(26-19-13-11-14-20-26)27-21-15-12-16-22-27;/h11-16,19-22,28H,3-10,17-18,23-25H2,1-2H3;1H2. The van der Waals surface area contributed by atoms with Gasteiger partial charge in [-0.05, 0) is 37.1 Å². The van der Waals surface area contributed by atoms with Gasteiger partial charge >= 0.3 is 0 Å². The van der Waals surface area contributed by atoms with Gasteiger partial charge in [-0.15, -0.1) is 0 Å². The molecule has 2 nitrogen and oxygen atoms in total. The summed E-state index contributed by atoms with van der Waals surface area (Å²) in [5.74, 6) is 0.462. The van der Waals surface area contributed by atoms with Crippen LogP contribution in [0.1, 0.15) is 95.1 Å². The molecule has 0 spiro atoms. The van der Waals surface area contributed by atoms with Crippen LogP contribution in [-0.2, 0) is 0 Å². The van der Waals surface area contributed by atoms with Crippen LogP contribution in [0.15, 0.2) is 60.7 Å². The summed E-state index contributed by atoms with van der Waals surface area (Å²) in [6.07, 6.45) is 13.6. The van der Waals surface area contributed by atoms with Gasteiger partial charge in [0.25, 0.3) is 0 Å². The first-order chi connectivity index (χ1) is 14.3. The molecule has 168 valence electrons. The van der Waals surface area contributed by atoms with Crippen LogP contribution in [0.2, 0.25) is 0 Å². The highest BCUT2D eigenvalue weighted by Crippen LogP contribution is 2.26. The molecule has 0 aliphatic carbocycles. The Kier molecular flexibility index (Phi) is 15.0. The van der Waals surface area contributed by atoms with Gasteiger partial charge in [0.2, 0.25) is 0 Å². The van der Waals surface area contributed by atoms with Gasteiger partial charge in [-0.1, -0.05) is 126 Å². The average molecular weight is 412 g/mol. The van der Waals surface area contributed by atoms with Crippen LogP contribution in [0.4, 0.5) is 0 Å². The van der Waals surface area contributed by atoms with Gasteiger partial charge in [0.15, 0.2) is 0 Å². The quantitative estimate of drug-likeness (QED) is 0.268. The fraction of sp³-hybridized carbons (Fsp3) is 0.571. The molecule has 2 aromatic rings. The van der Waals surface area contributed by atoms with Crippen LogP contribution in [0.3, 0.4) is 0 Å². The van der Waals surface area contributed by atoms with Crippen LogP contribution in [0, 0.1) is 0 Å². The molecule has 0 amide bonds. The molecule has 2 aromatic carbocycles. The lowest BCUT2D eigenvalue weighted by Gasteiger charge is -2.28. The molecule has 0 atom stereocenters. The Morgan fingerprint density at radius 1 is 0.567 bits per heavy atom. The summed E-state index contributed by atoms with van der Waals surface area (Å²) in [7, 11) is 0. The van der Waals surface area contributed by atoms with E-state index < -0.39 is 0 Å². The lowest BCUT2D eigenvalue weighted by atomic mass is 9.90. The minimum absolute atomic E-state index is 0. The first kappa shape index (κ1) is 26.4. The first-order valence-electron chi connectivity index (χ1n) is 12.2. The van der Waals surface area contributed by atoms with Crippen molar-refractivity contribution in [2.75, 3.05) is 19.6 Å². The Hall–Kier alpha value is -1.64. The van der Waals surface area contributed by atoms with Crippen LogP contribution in [0.5, 0.6) is 0 Å². The zero-order valence-corrected chi connectivity index (χ0v) is 19.5. The molecular weight excluding hydrogens is 366 g/mol. The van der Waals surface area contributed by atoms with Crippen LogP contribution in [-0.4, -0.2) is 30.0 Å². The predicted octanol–water partition coefficient (Wildman–Crippen LogP) is 7.24. The van der Waals surface area contributed by atoms with E-state index in [1.165, 1.54) is 88.4 Å². The molecule has 0 fully saturated rings. The lowest BCUT2D eigenvalue weighted by molar-refractivity contribution is 0.253. The van der Waals surface area contributed by atoms with Gasteiger partial charge in [0.05, 0.1) is 0 Å². The Morgan fingerprint density at radius 2 is 0.967 bits per heavy atom. The third-order valence-corrected chi connectivity index (χ3v) is 6.00. The molecule has 0 saturated carbocycles. The molecule has 2 N–H and O–H groups in total. The summed E-state index contributed by atoms with van der Waals surface area (Å²) in [6.45, 7) is 8.22. The fourth-order valence-corrected chi connectivity index (χ4v) is 4.20. The van der Waals surface area contributed by atoms with Crippen molar-refractivity contribution in [1.82, 2.24) is 4.90 Å². The Balaban J connectivity index is 0.00000450. The Bertz CT molecular complexity index is 560. The molecule has 0 unspecified atom stereocenters. The second kappa shape index (κ2) is 17.1. The Morgan fingerprint density at radius 3 is 1.37 bits per heavy atom. The second-order valence-corrected chi connectivity index (χ2v) is 8.50. The maximum absolute atomic E-state index is 2.75. The highest BCUT2D eigenvalue weighted by Gasteiger charge is 2.18. The van der Waals surface area contributed by atoms with Crippen molar-refractivity contribution in [3.05, 3.63) is 71.8 Å². The highest BCUT2D eigenvalue weighted by atomic mass is 16.0. The van der Waals surface area contributed by atoms with Crippen molar-refractivity contribution >= 4 is 0 Å². The third kappa shape index (κ3) is 10.4. The molecule has 0 saturated heterocycles. The molecule has 0 aliphatic heterocycles. The molecule has 0 radical (unpaired) electrons. The summed E-state index contributed by atoms with van der Waals surface area (Å²) < 4.78 is 0. The maximum Gasteiger partial charge on any atom is 0.0217 e. The monoisotopic (exact) mass is 411 g/mol. The Labute approximate surface area is 186 Å². The summed E-state index contributed by atoms with van der Waals surface area (Å²) in [5, 5.41) is 0. The second-order valence-electron chi connectivity index (χ2n) is 8.50. The summed E-state index contributed by atoms with van der Waals surface area (Å²) in [4.78, 5) is 2.75. The molecule has 0 aliphatic rings. The van der Waals surface area contributed by atoms with Crippen molar-refractivity contribution in [2.24, 2.45) is 0 Å². The fourth-order valence-electron chi connectivity index (χ4n) is 4.20. The van der Waals surface area contributed by atoms with Gasteiger partial charge in [-0.3, -0.25) is 0 Å². The summed E-state index contributed by atoms with van der Waals surface area (Å²) in [5.41, 5.74) is 2.89. The van der Waals surface area contributed by atoms with Crippen LogP contribution < -0.4 is 0 Å². The van der Waals surface area contributed by atoms with E-state index in [0.717, 1.165) is 6.54 Å². The molecule has 0 heterocycles. The van der Waals surface area contributed by atoms with Crippen molar-refractivity contribution in [1.29, 1.82) is 0 Å². The first-order valence-corrected chi connectivity index (χ1v) is 12.2. The molecule has 0 bridgehead atoms. The number of hydrogen-bond donors (Lipinski definition) is 0. The smallest absolute Gasteiger partial charge is 0.0217 e. The molecule has 2 heteroatoms. The van der Waals surface area contributed by atoms with Gasteiger partial charge in [0, 0.05) is 12.5 Å². The summed E-state index contributed by atoms with van der Waals surface area (Å²) in [6, 6.07) is 22.2. The van der Waals surface area contributed by atoms with E-state index in [2.05, 4.69) is 79.4 Å². The minimum Gasteiger partial charge on any atom is -0.412 e. The highest BCUT2D eigenvalue weighted by molar-refractivity contribution is 5.32. The van der Waals surface area contributed by atoms with E-state index in [4.69, 9.17) is 0 Å². The van der Waals surface area contributed by atoms with Crippen LogP contribution in [0.25, 0.3) is 0 Å². The largest absolute Gasteiger partial charge is 0.412 e. The molecule has 2 rings (SSSR count). The van der Waals surface area contributed by atoms with Gasteiger partial charge in [0.1, 0.15) is 0 Å². The van der Waals surface area contributed by atoms with E-state index >= 15 is 0 Å². The third-order valence-electron chi connectivity index (χ3n) is 6.00. The van der Waals surface area contributed by atoms with Gasteiger partial charge in [-0.25, -0.2) is 0 Å². The topological polar surface area (TPSA) is 34.7 Å². The molecule has 30 heavy (non-hydrogen) atoms. The zero-order chi connectivity index (χ0) is 20.6. The van der Waals surface area contributed by atoms with Crippen molar-refractivity contribution in [2.45, 2.75) is 84.0 Å². The number of nitrogens with zero attached hydrogens (tertiary/aromatic N) is 1. The molecular formula is C28H45NO. The lowest BCUT2D eigenvalue weighted by Crippen LogP contribution is -2.31. The molecule has 0 aromatic heterocycles. The predicted molar refractivity (Wildman–Crippen MR) is 132 cm³/mol. The van der Waals surface area contributed by atoms with Crippen molar-refractivity contribution in [3.63, 3.8) is 0 Å². The SMILES string of the molecule is CCCCCCCN(CCCCCCC)CC(c1ccccc1)c1ccccc1.O. The van der Waals surface area contributed by atoms with Crippen LogP contribution >= 0.6 is 0 Å². The van der Waals surface area contributed by atoms with E-state index in [9.17, 15) is 0 Å². The minimum atomic E-state index is 0. The van der Waals surface area contributed by atoms with Crippen molar-refractivity contribution < 1.29 is 5.48 Å². The number of unbranched alkanes of at least 4 members (excludes halogenated alkanes) is 8. The number of rotatable bonds is 16.